The van der Waals surface area contributed by atoms with Gasteiger partial charge in [-0.15, -0.1) is 0 Å². The molecule has 200 valence electrons. The van der Waals surface area contributed by atoms with Gasteiger partial charge in [-0.2, -0.15) is 0 Å². The lowest BCUT2D eigenvalue weighted by Crippen LogP contribution is -2.42. The number of ether oxygens (including phenoxy) is 3. The highest BCUT2D eigenvalue weighted by Crippen LogP contribution is 2.45. The molecule has 40 heavy (non-hydrogen) atoms. The Morgan fingerprint density at radius 2 is 1.35 bits per heavy atom. The van der Waals surface area contributed by atoms with Crippen LogP contribution in [-0.2, 0) is 19.8 Å². The summed E-state index contributed by atoms with van der Waals surface area (Å²) in [6, 6.07) is 31.1. The van der Waals surface area contributed by atoms with Crippen molar-refractivity contribution in [1.29, 1.82) is 0 Å². The SMILES string of the molecule is [B]n1c(=O)ccn([C@@H]2C=C(COC(c3ccccc3)(c3ccccc3)c3ccccc3)[C@H]3OC(C)(C)O[C@H]32)c1=O. The predicted molar refractivity (Wildman–Crippen MR) is 152 cm³/mol. The summed E-state index contributed by atoms with van der Waals surface area (Å²) in [7, 11) is 5.74. The molecule has 1 aliphatic heterocycles. The van der Waals surface area contributed by atoms with Gasteiger partial charge in [-0.05, 0) is 36.1 Å². The summed E-state index contributed by atoms with van der Waals surface area (Å²) in [5.41, 5.74) is 1.66. The topological polar surface area (TPSA) is 71.7 Å². The van der Waals surface area contributed by atoms with Crippen molar-refractivity contribution in [3.05, 3.63) is 152 Å². The first-order valence-electron chi connectivity index (χ1n) is 13.3. The molecule has 0 N–H and O–H groups in total. The minimum absolute atomic E-state index is 0.201. The Hall–Kier alpha value is -3.98. The number of aromatic nitrogens is 2. The second-order valence-corrected chi connectivity index (χ2v) is 10.5. The lowest BCUT2D eigenvalue weighted by molar-refractivity contribution is -0.148. The van der Waals surface area contributed by atoms with Crippen molar-refractivity contribution in [2.24, 2.45) is 0 Å². The van der Waals surface area contributed by atoms with Gasteiger partial charge < -0.3 is 18.7 Å². The molecule has 8 heteroatoms. The quantitative estimate of drug-likeness (QED) is 0.205. The summed E-state index contributed by atoms with van der Waals surface area (Å²) in [5.74, 6) is -0.872. The van der Waals surface area contributed by atoms with Crippen LogP contribution in [0.5, 0.6) is 0 Å². The van der Waals surface area contributed by atoms with Gasteiger partial charge in [-0.1, -0.05) is 97.1 Å². The molecule has 1 aliphatic carbocycles. The highest BCUT2D eigenvalue weighted by Gasteiger charge is 2.51. The van der Waals surface area contributed by atoms with Crippen LogP contribution >= 0.6 is 0 Å². The molecular formula is C32H29BN2O5. The molecule has 2 aliphatic rings. The van der Waals surface area contributed by atoms with E-state index in [4.69, 9.17) is 22.2 Å². The van der Waals surface area contributed by atoms with Crippen molar-refractivity contribution in [1.82, 2.24) is 9.05 Å². The lowest BCUT2D eigenvalue weighted by atomic mass is 9.80. The maximum atomic E-state index is 12.9. The molecule has 0 amide bonds. The highest BCUT2D eigenvalue weighted by atomic mass is 16.8. The van der Waals surface area contributed by atoms with Crippen LogP contribution in [0.25, 0.3) is 0 Å². The van der Waals surface area contributed by atoms with Crippen molar-refractivity contribution >= 4 is 7.98 Å². The monoisotopic (exact) mass is 532 g/mol. The van der Waals surface area contributed by atoms with Gasteiger partial charge in [0.05, 0.1) is 12.6 Å². The molecule has 1 saturated heterocycles. The van der Waals surface area contributed by atoms with Gasteiger partial charge in [0, 0.05) is 12.3 Å². The maximum Gasteiger partial charge on any atom is 0.318 e. The van der Waals surface area contributed by atoms with E-state index >= 15 is 0 Å². The molecule has 0 unspecified atom stereocenters. The molecule has 3 atom stereocenters. The minimum atomic E-state index is -0.922. The van der Waals surface area contributed by atoms with Crippen LogP contribution in [0, 0.1) is 0 Å². The van der Waals surface area contributed by atoms with E-state index in [0.29, 0.717) is 4.48 Å². The average Bonchev–Trinajstić information content (AvgIpc) is 3.47. The fourth-order valence-electron chi connectivity index (χ4n) is 5.80. The van der Waals surface area contributed by atoms with Gasteiger partial charge in [0.2, 0.25) is 13.5 Å². The number of fused-ring (bicyclic) bond motifs is 1. The van der Waals surface area contributed by atoms with E-state index in [1.54, 1.807) is 0 Å². The van der Waals surface area contributed by atoms with Crippen molar-refractivity contribution in [3.8, 4) is 0 Å². The van der Waals surface area contributed by atoms with Gasteiger partial charge in [-0.25, -0.2) is 4.79 Å². The Labute approximate surface area is 233 Å². The Bertz CT molecular complexity index is 1550. The Morgan fingerprint density at radius 3 is 1.88 bits per heavy atom. The van der Waals surface area contributed by atoms with E-state index in [-0.39, 0.29) is 6.61 Å². The third-order valence-corrected chi connectivity index (χ3v) is 7.58. The Kier molecular flexibility index (Phi) is 6.70. The zero-order chi connectivity index (χ0) is 27.9. The van der Waals surface area contributed by atoms with Gasteiger partial charge >= 0.3 is 5.69 Å². The first-order chi connectivity index (χ1) is 19.3. The third kappa shape index (κ3) is 4.48. The second kappa shape index (κ2) is 10.2. The second-order valence-electron chi connectivity index (χ2n) is 10.5. The number of hydrogen-bond donors (Lipinski definition) is 0. The molecule has 6 rings (SSSR count). The van der Waals surface area contributed by atoms with Gasteiger partial charge in [0.1, 0.15) is 17.8 Å². The molecule has 1 aromatic heterocycles. The smallest absolute Gasteiger partial charge is 0.318 e. The van der Waals surface area contributed by atoms with Crippen molar-refractivity contribution < 1.29 is 14.2 Å². The molecular weight excluding hydrogens is 503 g/mol. The molecule has 1 fully saturated rings. The summed E-state index contributed by atoms with van der Waals surface area (Å²) in [6.07, 6.45) is 2.43. The lowest BCUT2D eigenvalue weighted by Gasteiger charge is -2.36. The van der Waals surface area contributed by atoms with Gasteiger partial charge in [-0.3, -0.25) is 9.36 Å². The first kappa shape index (κ1) is 26.3. The van der Waals surface area contributed by atoms with E-state index in [1.165, 1.54) is 16.8 Å². The average molecular weight is 532 g/mol. The maximum absolute atomic E-state index is 12.9. The van der Waals surface area contributed by atoms with E-state index in [1.807, 2.05) is 74.5 Å². The largest absolute Gasteiger partial charge is 0.356 e. The fourth-order valence-corrected chi connectivity index (χ4v) is 5.80. The van der Waals surface area contributed by atoms with Crippen LogP contribution in [0.4, 0.5) is 0 Å². The van der Waals surface area contributed by atoms with Crippen LogP contribution in [0.3, 0.4) is 0 Å². The van der Waals surface area contributed by atoms with Crippen LogP contribution in [0.2, 0.25) is 0 Å². The van der Waals surface area contributed by atoms with E-state index in [2.05, 4.69) is 36.4 Å². The third-order valence-electron chi connectivity index (χ3n) is 7.58. The fraction of sp³-hybridized carbons (Fsp3) is 0.250. The van der Waals surface area contributed by atoms with E-state index < -0.39 is 40.9 Å². The summed E-state index contributed by atoms with van der Waals surface area (Å²) < 4.78 is 21.6. The van der Waals surface area contributed by atoms with E-state index in [9.17, 15) is 9.59 Å². The normalized spacial score (nSPS) is 21.6. The van der Waals surface area contributed by atoms with Crippen LogP contribution in [0.1, 0.15) is 36.6 Å². The van der Waals surface area contributed by atoms with Gasteiger partial charge in [0.25, 0.3) is 0 Å². The molecule has 3 aromatic carbocycles. The molecule has 0 spiro atoms. The molecule has 2 heterocycles. The zero-order valence-electron chi connectivity index (χ0n) is 22.3. The molecule has 0 bridgehead atoms. The number of nitrogens with zero attached hydrogens (tertiary/aromatic N) is 2. The van der Waals surface area contributed by atoms with Crippen LogP contribution in [-0.4, -0.2) is 41.6 Å². The molecule has 7 nitrogen and oxygen atoms in total. The Balaban J connectivity index is 1.45. The number of rotatable bonds is 7. The Morgan fingerprint density at radius 1 is 0.825 bits per heavy atom. The standard InChI is InChI=1S/C32H29BN2O5/c1-31(2)39-28-22(20-26(29(28)40-31)34-19-18-27(36)35(33)30(34)37)21-38-32(23-12-6-3-7-13-23,24-14-8-4-9-15-24)25-16-10-5-11-17-25/h3-20,26,28-29H,21H2,1-2H3/t26-,28-,29+/m1/s1. The highest BCUT2D eigenvalue weighted by molar-refractivity contribution is 6.06. The summed E-state index contributed by atoms with van der Waals surface area (Å²) in [4.78, 5) is 24.9. The predicted octanol–water partition coefficient (Wildman–Crippen LogP) is 3.95. The number of hydrogen-bond acceptors (Lipinski definition) is 5. The van der Waals surface area contributed by atoms with Crippen molar-refractivity contribution in [2.45, 2.75) is 43.5 Å². The molecule has 2 radical (unpaired) electrons. The summed E-state index contributed by atoms with van der Waals surface area (Å²) >= 11 is 0. The van der Waals surface area contributed by atoms with Crippen LogP contribution < -0.4 is 11.2 Å². The molecule has 0 saturated carbocycles. The molecule has 4 aromatic rings. The first-order valence-corrected chi connectivity index (χ1v) is 13.3. The minimum Gasteiger partial charge on any atom is -0.356 e. The van der Waals surface area contributed by atoms with Crippen molar-refractivity contribution in [3.63, 3.8) is 0 Å². The van der Waals surface area contributed by atoms with Crippen molar-refractivity contribution in [2.75, 3.05) is 6.61 Å². The van der Waals surface area contributed by atoms with Gasteiger partial charge in [0.15, 0.2) is 5.79 Å². The zero-order valence-corrected chi connectivity index (χ0v) is 22.3. The van der Waals surface area contributed by atoms with Crippen LogP contribution in [0.15, 0.2) is 124 Å². The van der Waals surface area contributed by atoms with E-state index in [0.717, 1.165) is 22.3 Å². The summed E-state index contributed by atoms with van der Waals surface area (Å²) in [5, 5.41) is 0. The summed E-state index contributed by atoms with van der Waals surface area (Å²) in [6.45, 7) is 3.89. The number of benzene rings is 3.